The molecule has 0 aliphatic carbocycles. The lowest BCUT2D eigenvalue weighted by molar-refractivity contribution is 0.0549. The van der Waals surface area contributed by atoms with E-state index in [0.29, 0.717) is 5.56 Å². The second kappa shape index (κ2) is 5.79. The van der Waals surface area contributed by atoms with Crippen molar-refractivity contribution in [1.82, 2.24) is 0 Å². The van der Waals surface area contributed by atoms with Gasteiger partial charge < -0.3 is 4.74 Å². The highest BCUT2D eigenvalue weighted by molar-refractivity contribution is 5.89. The third kappa shape index (κ3) is 3.30. The smallest absolute Gasteiger partial charge is 0.338 e. The SMILES string of the molecule is CC=C=CCOC(=O)c1ccccc1. The molecule has 1 aromatic rings. The maximum Gasteiger partial charge on any atom is 0.338 e. The predicted molar refractivity (Wildman–Crippen MR) is 55.1 cm³/mol. The molecule has 0 aromatic heterocycles. The van der Waals surface area contributed by atoms with E-state index in [0.717, 1.165) is 0 Å². The normalized spacial score (nSPS) is 8.64. The molecule has 0 aliphatic rings. The summed E-state index contributed by atoms with van der Waals surface area (Å²) in [6.45, 7) is 2.12. The highest BCUT2D eigenvalue weighted by Crippen LogP contribution is 2.00. The zero-order valence-corrected chi connectivity index (χ0v) is 8.07. The van der Waals surface area contributed by atoms with Crippen molar-refractivity contribution in [2.45, 2.75) is 6.92 Å². The topological polar surface area (TPSA) is 26.3 Å². The Morgan fingerprint density at radius 3 is 2.79 bits per heavy atom. The van der Waals surface area contributed by atoms with E-state index in [1.807, 2.05) is 13.0 Å². The number of hydrogen-bond donors (Lipinski definition) is 0. The Balaban J connectivity index is 2.48. The van der Waals surface area contributed by atoms with Gasteiger partial charge in [-0.25, -0.2) is 4.79 Å². The summed E-state index contributed by atoms with van der Waals surface area (Å²) in [4.78, 5) is 11.3. The fourth-order valence-electron chi connectivity index (χ4n) is 0.941. The van der Waals surface area contributed by atoms with Crippen LogP contribution in [0.3, 0.4) is 0 Å². The summed E-state index contributed by atoms with van der Waals surface area (Å²) in [6, 6.07) is 8.91. The van der Waals surface area contributed by atoms with Crippen LogP contribution in [-0.4, -0.2) is 12.6 Å². The second-order valence-electron chi connectivity index (χ2n) is 2.62. The molecule has 0 bridgehead atoms. The lowest BCUT2D eigenvalue weighted by Gasteiger charge is -1.99. The third-order valence-corrected chi connectivity index (χ3v) is 1.59. The number of hydrogen-bond acceptors (Lipinski definition) is 2. The average Bonchev–Trinajstić information content (AvgIpc) is 2.25. The van der Waals surface area contributed by atoms with Crippen LogP contribution < -0.4 is 0 Å². The number of carbonyl (C=O) groups is 1. The fraction of sp³-hybridized carbons (Fsp3) is 0.167. The van der Waals surface area contributed by atoms with Crippen LogP contribution in [0.4, 0.5) is 0 Å². The molecule has 0 N–H and O–H groups in total. The van der Waals surface area contributed by atoms with Gasteiger partial charge in [0.1, 0.15) is 6.61 Å². The molecule has 14 heavy (non-hydrogen) atoms. The zero-order valence-electron chi connectivity index (χ0n) is 8.07. The Bertz CT molecular complexity index is 346. The fourth-order valence-corrected chi connectivity index (χ4v) is 0.941. The van der Waals surface area contributed by atoms with Crippen molar-refractivity contribution in [3.05, 3.63) is 53.8 Å². The minimum Gasteiger partial charge on any atom is -0.457 e. The zero-order chi connectivity index (χ0) is 10.2. The van der Waals surface area contributed by atoms with Crippen LogP contribution in [0.25, 0.3) is 0 Å². The molecule has 0 aliphatic heterocycles. The lowest BCUT2D eigenvalue weighted by Crippen LogP contribution is -2.04. The van der Waals surface area contributed by atoms with Gasteiger partial charge in [0.25, 0.3) is 0 Å². The van der Waals surface area contributed by atoms with E-state index in [2.05, 4.69) is 5.73 Å². The van der Waals surface area contributed by atoms with Crippen LogP contribution >= 0.6 is 0 Å². The van der Waals surface area contributed by atoms with Gasteiger partial charge in [0.15, 0.2) is 0 Å². The Kier molecular flexibility index (Phi) is 4.25. The lowest BCUT2D eigenvalue weighted by atomic mass is 10.2. The van der Waals surface area contributed by atoms with Gasteiger partial charge in [-0.2, -0.15) is 0 Å². The Hall–Kier alpha value is -1.79. The molecule has 0 amide bonds. The molecule has 0 atom stereocenters. The highest BCUT2D eigenvalue weighted by Gasteiger charge is 2.03. The molecule has 2 nitrogen and oxygen atoms in total. The van der Waals surface area contributed by atoms with Crippen LogP contribution in [-0.2, 0) is 4.74 Å². The molecular weight excluding hydrogens is 176 g/mol. The van der Waals surface area contributed by atoms with E-state index in [9.17, 15) is 4.79 Å². The molecule has 1 rings (SSSR count). The van der Waals surface area contributed by atoms with Gasteiger partial charge in [-0.1, -0.05) is 18.2 Å². The van der Waals surface area contributed by atoms with Crippen molar-refractivity contribution in [3.8, 4) is 0 Å². The molecule has 1 aromatic carbocycles. The van der Waals surface area contributed by atoms with Gasteiger partial charge in [0.2, 0.25) is 0 Å². The van der Waals surface area contributed by atoms with Crippen LogP contribution in [0.2, 0.25) is 0 Å². The summed E-state index contributed by atoms with van der Waals surface area (Å²) in [6.07, 6.45) is 3.43. The summed E-state index contributed by atoms with van der Waals surface area (Å²) in [5.74, 6) is -0.306. The Morgan fingerprint density at radius 1 is 1.43 bits per heavy atom. The molecule has 72 valence electrons. The van der Waals surface area contributed by atoms with Crippen molar-refractivity contribution in [2.24, 2.45) is 0 Å². The quantitative estimate of drug-likeness (QED) is 0.538. The first-order chi connectivity index (χ1) is 6.84. The molecule has 0 spiro atoms. The molecule has 0 fully saturated rings. The van der Waals surface area contributed by atoms with E-state index in [4.69, 9.17) is 4.74 Å². The van der Waals surface area contributed by atoms with Crippen molar-refractivity contribution in [3.63, 3.8) is 0 Å². The maximum absolute atomic E-state index is 11.3. The van der Waals surface area contributed by atoms with E-state index in [1.165, 1.54) is 0 Å². The first kappa shape index (κ1) is 10.3. The van der Waals surface area contributed by atoms with Gasteiger partial charge >= 0.3 is 5.97 Å². The first-order valence-electron chi connectivity index (χ1n) is 4.42. The molecule has 0 radical (unpaired) electrons. The monoisotopic (exact) mass is 188 g/mol. The molecular formula is C12H12O2. The van der Waals surface area contributed by atoms with Crippen molar-refractivity contribution < 1.29 is 9.53 Å². The number of ether oxygens (including phenoxy) is 1. The Labute approximate surface area is 83.5 Å². The summed E-state index contributed by atoms with van der Waals surface area (Å²) >= 11 is 0. The number of esters is 1. The van der Waals surface area contributed by atoms with E-state index >= 15 is 0 Å². The van der Waals surface area contributed by atoms with Crippen molar-refractivity contribution >= 4 is 5.97 Å². The van der Waals surface area contributed by atoms with Crippen LogP contribution in [0.15, 0.2) is 48.2 Å². The van der Waals surface area contributed by atoms with E-state index < -0.39 is 0 Å². The maximum atomic E-state index is 11.3. The van der Waals surface area contributed by atoms with Gasteiger partial charge in [0, 0.05) is 0 Å². The summed E-state index contributed by atoms with van der Waals surface area (Å²) in [5.41, 5.74) is 3.40. The first-order valence-corrected chi connectivity index (χ1v) is 4.42. The van der Waals surface area contributed by atoms with Gasteiger partial charge in [-0.15, -0.1) is 5.73 Å². The molecule has 0 saturated carbocycles. The minimum atomic E-state index is -0.306. The highest BCUT2D eigenvalue weighted by atomic mass is 16.5. The third-order valence-electron chi connectivity index (χ3n) is 1.59. The molecule has 0 unspecified atom stereocenters. The number of rotatable bonds is 3. The summed E-state index contributed by atoms with van der Waals surface area (Å²) in [7, 11) is 0. The van der Waals surface area contributed by atoms with Crippen molar-refractivity contribution in [1.29, 1.82) is 0 Å². The average molecular weight is 188 g/mol. The molecule has 2 heteroatoms. The summed E-state index contributed by atoms with van der Waals surface area (Å²) in [5, 5.41) is 0. The van der Waals surface area contributed by atoms with Gasteiger partial charge in [0.05, 0.1) is 5.56 Å². The standard InChI is InChI=1S/C12H12O2/c1-2-3-7-10-14-12(13)11-8-5-4-6-9-11/h2,4-9H,10H2,1H3. The minimum absolute atomic E-state index is 0.262. The van der Waals surface area contributed by atoms with Gasteiger partial charge in [-0.05, 0) is 31.2 Å². The molecule has 0 heterocycles. The Morgan fingerprint density at radius 2 is 2.14 bits per heavy atom. The summed E-state index contributed by atoms with van der Waals surface area (Å²) < 4.78 is 4.95. The second-order valence-corrected chi connectivity index (χ2v) is 2.62. The van der Waals surface area contributed by atoms with E-state index in [-0.39, 0.29) is 12.6 Å². The number of carbonyl (C=O) groups excluding carboxylic acids is 1. The predicted octanol–water partition coefficient (Wildman–Crippen LogP) is 2.57. The van der Waals surface area contributed by atoms with Crippen molar-refractivity contribution in [2.75, 3.05) is 6.61 Å². The largest absolute Gasteiger partial charge is 0.457 e. The number of benzene rings is 1. The van der Waals surface area contributed by atoms with Crippen LogP contribution in [0, 0.1) is 0 Å². The van der Waals surface area contributed by atoms with Gasteiger partial charge in [-0.3, -0.25) is 0 Å². The van der Waals surface area contributed by atoms with Crippen LogP contribution in [0.1, 0.15) is 17.3 Å². The van der Waals surface area contributed by atoms with E-state index in [1.54, 1.807) is 36.4 Å². The van der Waals surface area contributed by atoms with Crippen LogP contribution in [0.5, 0.6) is 0 Å². The molecule has 0 saturated heterocycles.